The molecule has 0 radical (unpaired) electrons. The normalized spacial score (nSPS) is 23.7. The number of aliphatic hydroxyl groups excluding tert-OH is 1. The Balaban J connectivity index is 0.00000300. The molecule has 1 aliphatic heterocycles. The van der Waals surface area contributed by atoms with Crippen LogP contribution in [0, 0.1) is 0 Å². The highest BCUT2D eigenvalue weighted by Crippen LogP contribution is 2.18. The zero-order valence-electron chi connectivity index (χ0n) is 17.9. The van der Waals surface area contributed by atoms with Crippen LogP contribution >= 0.6 is 24.0 Å². The molecule has 6 heteroatoms. The van der Waals surface area contributed by atoms with Crippen LogP contribution in [0.5, 0.6) is 0 Å². The highest BCUT2D eigenvalue weighted by atomic mass is 127. The van der Waals surface area contributed by atoms with Gasteiger partial charge in [-0.2, -0.15) is 0 Å². The van der Waals surface area contributed by atoms with E-state index in [1.165, 1.54) is 49.9 Å². The van der Waals surface area contributed by atoms with Crippen LogP contribution in [0.25, 0.3) is 0 Å². The standard InChI is InChI=1S/C23H38N4O.HI/c1-2-24-23(26-21-10-12-22(28)13-11-21)25-17-19-8-7-9-20(16-19)18-27-14-5-3-4-6-15-27;/h7-9,16,21-22,28H,2-6,10-15,17-18H2,1H3,(H2,24,25,26);1H. The van der Waals surface area contributed by atoms with Gasteiger partial charge in [-0.25, -0.2) is 4.99 Å². The molecule has 0 bridgehead atoms. The van der Waals surface area contributed by atoms with Gasteiger partial charge in [0.2, 0.25) is 0 Å². The Hall–Kier alpha value is -0.860. The van der Waals surface area contributed by atoms with E-state index in [2.05, 4.69) is 46.7 Å². The molecular weight excluding hydrogens is 475 g/mol. The molecule has 1 heterocycles. The second kappa shape index (κ2) is 13.4. The zero-order valence-corrected chi connectivity index (χ0v) is 20.2. The summed E-state index contributed by atoms with van der Waals surface area (Å²) in [5, 5.41) is 16.6. The van der Waals surface area contributed by atoms with Gasteiger partial charge in [0.15, 0.2) is 5.96 Å². The van der Waals surface area contributed by atoms with E-state index in [0.29, 0.717) is 12.6 Å². The van der Waals surface area contributed by atoms with Crippen molar-refractivity contribution in [2.24, 2.45) is 4.99 Å². The topological polar surface area (TPSA) is 59.9 Å². The number of rotatable bonds is 6. The maximum absolute atomic E-state index is 9.70. The molecule has 1 saturated carbocycles. The summed E-state index contributed by atoms with van der Waals surface area (Å²) in [5.41, 5.74) is 2.66. The van der Waals surface area contributed by atoms with Crippen LogP contribution in [0.2, 0.25) is 0 Å². The zero-order chi connectivity index (χ0) is 19.6. The minimum atomic E-state index is -0.121. The van der Waals surface area contributed by atoms with Crippen molar-refractivity contribution >= 4 is 29.9 Å². The molecular formula is C23H39IN4O. The summed E-state index contributed by atoms with van der Waals surface area (Å²) in [6.45, 7) is 7.17. The monoisotopic (exact) mass is 514 g/mol. The summed E-state index contributed by atoms with van der Waals surface area (Å²) in [6.07, 6.45) is 9.10. The average molecular weight is 514 g/mol. The van der Waals surface area contributed by atoms with Crippen molar-refractivity contribution in [1.82, 2.24) is 15.5 Å². The van der Waals surface area contributed by atoms with Gasteiger partial charge in [0.1, 0.15) is 0 Å². The molecule has 0 unspecified atom stereocenters. The maximum Gasteiger partial charge on any atom is 0.191 e. The molecule has 164 valence electrons. The second-order valence-electron chi connectivity index (χ2n) is 8.36. The van der Waals surface area contributed by atoms with Crippen LogP contribution in [0.4, 0.5) is 0 Å². The first kappa shape index (κ1) is 24.4. The molecule has 3 rings (SSSR count). The molecule has 1 aromatic rings. The van der Waals surface area contributed by atoms with Crippen LogP contribution in [-0.4, -0.2) is 47.7 Å². The van der Waals surface area contributed by atoms with E-state index in [0.717, 1.165) is 44.7 Å². The van der Waals surface area contributed by atoms with Gasteiger partial charge in [-0.1, -0.05) is 37.1 Å². The van der Waals surface area contributed by atoms with Crippen LogP contribution in [0.15, 0.2) is 29.3 Å². The van der Waals surface area contributed by atoms with Gasteiger partial charge in [-0.3, -0.25) is 4.90 Å². The van der Waals surface area contributed by atoms with Crippen LogP contribution in [0.3, 0.4) is 0 Å². The molecule has 29 heavy (non-hydrogen) atoms. The summed E-state index contributed by atoms with van der Waals surface area (Å²) in [7, 11) is 0. The van der Waals surface area contributed by atoms with Gasteiger partial charge in [-0.05, 0) is 69.7 Å². The Morgan fingerprint density at radius 1 is 1.07 bits per heavy atom. The Bertz CT molecular complexity index is 609. The lowest BCUT2D eigenvalue weighted by Crippen LogP contribution is -2.45. The Kier molecular flexibility index (Phi) is 11.3. The molecule has 2 aliphatic rings. The molecule has 3 N–H and O–H groups in total. The third-order valence-electron chi connectivity index (χ3n) is 5.90. The van der Waals surface area contributed by atoms with Gasteiger partial charge in [-0.15, -0.1) is 24.0 Å². The minimum absolute atomic E-state index is 0. The largest absolute Gasteiger partial charge is 0.393 e. The fraction of sp³-hybridized carbons (Fsp3) is 0.696. The summed E-state index contributed by atoms with van der Waals surface area (Å²) in [5.74, 6) is 0.891. The summed E-state index contributed by atoms with van der Waals surface area (Å²) in [4.78, 5) is 7.41. The first-order valence-corrected chi connectivity index (χ1v) is 11.3. The van der Waals surface area contributed by atoms with Crippen LogP contribution in [-0.2, 0) is 13.1 Å². The number of benzene rings is 1. The fourth-order valence-electron chi connectivity index (χ4n) is 4.28. The van der Waals surface area contributed by atoms with Crippen molar-refractivity contribution < 1.29 is 5.11 Å². The molecule has 0 amide bonds. The number of aliphatic imine (C=N–C) groups is 1. The second-order valence-corrected chi connectivity index (χ2v) is 8.36. The number of nitrogens with one attached hydrogen (secondary N) is 2. The number of guanidine groups is 1. The first-order valence-electron chi connectivity index (χ1n) is 11.3. The van der Waals surface area contributed by atoms with Crippen LogP contribution < -0.4 is 10.6 Å². The number of aliphatic hydroxyl groups is 1. The van der Waals surface area contributed by atoms with E-state index < -0.39 is 0 Å². The molecule has 5 nitrogen and oxygen atoms in total. The number of hydrogen-bond donors (Lipinski definition) is 3. The van der Waals surface area contributed by atoms with E-state index in [9.17, 15) is 5.11 Å². The molecule has 2 fully saturated rings. The SMILES string of the molecule is CCNC(=NCc1cccc(CN2CCCCCC2)c1)NC1CCC(O)CC1.I. The van der Waals surface area contributed by atoms with E-state index in [4.69, 9.17) is 4.99 Å². The molecule has 1 aromatic carbocycles. The Morgan fingerprint density at radius 2 is 1.76 bits per heavy atom. The van der Waals surface area contributed by atoms with Crippen molar-refractivity contribution in [1.29, 1.82) is 0 Å². The number of likely N-dealkylation sites (tertiary alicyclic amines) is 1. The van der Waals surface area contributed by atoms with Crippen molar-refractivity contribution in [2.75, 3.05) is 19.6 Å². The quantitative estimate of drug-likeness (QED) is 0.305. The number of nitrogens with zero attached hydrogens (tertiary/aromatic N) is 2. The predicted octanol–water partition coefficient (Wildman–Crippen LogP) is 4.04. The molecule has 0 aromatic heterocycles. The Labute approximate surface area is 193 Å². The van der Waals surface area contributed by atoms with E-state index in [-0.39, 0.29) is 30.1 Å². The molecule has 1 saturated heterocycles. The van der Waals surface area contributed by atoms with Crippen LogP contribution in [0.1, 0.15) is 69.4 Å². The molecule has 1 aliphatic carbocycles. The van der Waals surface area contributed by atoms with Gasteiger partial charge < -0.3 is 15.7 Å². The summed E-state index contributed by atoms with van der Waals surface area (Å²) >= 11 is 0. The number of hydrogen-bond acceptors (Lipinski definition) is 3. The summed E-state index contributed by atoms with van der Waals surface area (Å²) < 4.78 is 0. The fourth-order valence-corrected chi connectivity index (χ4v) is 4.28. The van der Waals surface area contributed by atoms with E-state index in [1.807, 2.05) is 0 Å². The van der Waals surface area contributed by atoms with Gasteiger partial charge in [0.05, 0.1) is 12.6 Å². The third kappa shape index (κ3) is 8.80. The molecule has 0 spiro atoms. The highest BCUT2D eigenvalue weighted by molar-refractivity contribution is 14.0. The highest BCUT2D eigenvalue weighted by Gasteiger charge is 2.20. The lowest BCUT2D eigenvalue weighted by Gasteiger charge is -2.27. The van der Waals surface area contributed by atoms with Gasteiger partial charge in [0.25, 0.3) is 0 Å². The van der Waals surface area contributed by atoms with E-state index in [1.54, 1.807) is 0 Å². The van der Waals surface area contributed by atoms with Crippen molar-refractivity contribution in [3.05, 3.63) is 35.4 Å². The minimum Gasteiger partial charge on any atom is -0.393 e. The lowest BCUT2D eigenvalue weighted by molar-refractivity contribution is 0.120. The third-order valence-corrected chi connectivity index (χ3v) is 5.90. The van der Waals surface area contributed by atoms with Gasteiger partial charge >= 0.3 is 0 Å². The van der Waals surface area contributed by atoms with Crippen molar-refractivity contribution in [3.63, 3.8) is 0 Å². The van der Waals surface area contributed by atoms with Crippen molar-refractivity contribution in [2.45, 2.75) is 83.5 Å². The van der Waals surface area contributed by atoms with Gasteiger partial charge in [0, 0.05) is 19.1 Å². The first-order chi connectivity index (χ1) is 13.7. The van der Waals surface area contributed by atoms with Crippen molar-refractivity contribution in [3.8, 4) is 0 Å². The predicted molar refractivity (Wildman–Crippen MR) is 132 cm³/mol. The summed E-state index contributed by atoms with van der Waals surface area (Å²) in [6, 6.07) is 9.32. The average Bonchev–Trinajstić information content (AvgIpc) is 2.97. The smallest absolute Gasteiger partial charge is 0.191 e. The number of halogens is 1. The Morgan fingerprint density at radius 3 is 2.45 bits per heavy atom. The van der Waals surface area contributed by atoms with E-state index >= 15 is 0 Å². The maximum atomic E-state index is 9.70. The molecule has 0 atom stereocenters. The lowest BCUT2D eigenvalue weighted by atomic mass is 9.93.